The number of carbonyl (C=O) groups is 1. The summed E-state index contributed by atoms with van der Waals surface area (Å²) in [5, 5.41) is 3.71. The van der Waals surface area contributed by atoms with E-state index in [1.807, 2.05) is 6.07 Å². The minimum Gasteiger partial charge on any atom is -0.465 e. The van der Waals surface area contributed by atoms with Gasteiger partial charge < -0.3 is 9.64 Å². The Morgan fingerprint density at radius 2 is 2.15 bits per heavy atom. The van der Waals surface area contributed by atoms with Crippen LogP contribution in [0.4, 0.5) is 11.4 Å². The molecule has 1 saturated heterocycles. The summed E-state index contributed by atoms with van der Waals surface area (Å²) in [6.07, 6.45) is 2.24. The molecule has 0 spiro atoms. The Hall–Kier alpha value is -2.20. The molecule has 1 heterocycles. The molecule has 1 aliphatic heterocycles. The van der Waals surface area contributed by atoms with Crippen LogP contribution in [-0.4, -0.2) is 26.2 Å². The lowest BCUT2D eigenvalue weighted by Crippen LogP contribution is -2.32. The smallest absolute Gasteiger partial charge is 0.337 e. The second kappa shape index (κ2) is 6.30. The number of anilines is 1. The van der Waals surface area contributed by atoms with Gasteiger partial charge in [0.15, 0.2) is 0 Å². The molecule has 1 aromatic rings. The summed E-state index contributed by atoms with van der Waals surface area (Å²) < 4.78 is 4.68. The largest absolute Gasteiger partial charge is 0.465 e. The van der Waals surface area contributed by atoms with Gasteiger partial charge in [-0.1, -0.05) is 12.0 Å². The highest BCUT2D eigenvalue weighted by Crippen LogP contribution is 2.33. The van der Waals surface area contributed by atoms with Crippen molar-refractivity contribution >= 4 is 17.3 Å². The molecule has 0 N–H and O–H groups in total. The summed E-state index contributed by atoms with van der Waals surface area (Å²) in [6, 6.07) is 5.11. The maximum absolute atomic E-state index is 11.5. The van der Waals surface area contributed by atoms with E-state index in [1.54, 1.807) is 12.1 Å². The molecule has 0 atom stereocenters. The van der Waals surface area contributed by atoms with Crippen molar-refractivity contribution in [3.63, 3.8) is 0 Å². The number of carbonyl (C=O) groups excluding carboxylic acids is 1. The first kappa shape index (κ1) is 14.2. The number of hydrogen-bond acceptors (Lipinski definition) is 4. The van der Waals surface area contributed by atoms with E-state index in [0.29, 0.717) is 11.3 Å². The summed E-state index contributed by atoms with van der Waals surface area (Å²) >= 11 is 0. The number of methoxy groups -OCH3 is 1. The number of azide groups is 1. The lowest BCUT2D eigenvalue weighted by Gasteiger charge is -2.33. The van der Waals surface area contributed by atoms with E-state index in [0.717, 1.165) is 37.5 Å². The first-order chi connectivity index (χ1) is 9.65. The Morgan fingerprint density at radius 1 is 1.45 bits per heavy atom. The fourth-order valence-electron chi connectivity index (χ4n) is 2.41. The lowest BCUT2D eigenvalue weighted by atomic mass is 9.98. The van der Waals surface area contributed by atoms with Crippen molar-refractivity contribution in [2.24, 2.45) is 11.0 Å². The first-order valence-corrected chi connectivity index (χ1v) is 6.68. The van der Waals surface area contributed by atoms with Gasteiger partial charge in [0.05, 0.1) is 18.4 Å². The molecule has 1 fully saturated rings. The molecular weight excluding hydrogens is 256 g/mol. The van der Waals surface area contributed by atoms with E-state index in [2.05, 4.69) is 26.6 Å². The van der Waals surface area contributed by atoms with Crippen molar-refractivity contribution in [2.75, 3.05) is 25.1 Å². The zero-order chi connectivity index (χ0) is 14.5. The molecule has 0 aromatic heterocycles. The highest BCUT2D eigenvalue weighted by molar-refractivity contribution is 5.91. The molecule has 0 saturated carbocycles. The molecule has 1 aliphatic rings. The Bertz CT molecular complexity index is 544. The number of esters is 1. The molecule has 6 heteroatoms. The topological polar surface area (TPSA) is 78.3 Å². The molecule has 2 rings (SSSR count). The molecule has 6 nitrogen and oxygen atoms in total. The van der Waals surface area contributed by atoms with Crippen LogP contribution < -0.4 is 4.90 Å². The fraction of sp³-hybridized carbons (Fsp3) is 0.500. The maximum Gasteiger partial charge on any atom is 0.337 e. The van der Waals surface area contributed by atoms with Gasteiger partial charge in [-0.2, -0.15) is 0 Å². The highest BCUT2D eigenvalue weighted by atomic mass is 16.5. The van der Waals surface area contributed by atoms with Crippen molar-refractivity contribution < 1.29 is 9.53 Å². The highest BCUT2D eigenvalue weighted by Gasteiger charge is 2.19. The number of piperidine rings is 1. The van der Waals surface area contributed by atoms with Gasteiger partial charge >= 0.3 is 5.97 Å². The standard InChI is InChI=1S/C14H18N4O2/c1-10-5-7-18(8-6-10)13-4-3-11(14(19)20-2)9-12(13)16-17-15/h3-4,9-10H,5-8H2,1-2H3. The molecular formula is C14H18N4O2. The van der Waals surface area contributed by atoms with Crippen LogP contribution in [-0.2, 0) is 4.74 Å². The number of nitrogens with zero attached hydrogens (tertiary/aromatic N) is 4. The number of hydrogen-bond donors (Lipinski definition) is 0. The van der Waals surface area contributed by atoms with E-state index >= 15 is 0 Å². The molecule has 0 radical (unpaired) electrons. The molecule has 0 unspecified atom stereocenters. The van der Waals surface area contributed by atoms with Crippen LogP contribution in [0.25, 0.3) is 10.4 Å². The van der Waals surface area contributed by atoms with Gasteiger partial charge in [0.2, 0.25) is 0 Å². The fourth-order valence-corrected chi connectivity index (χ4v) is 2.41. The van der Waals surface area contributed by atoms with Crippen LogP contribution in [0.2, 0.25) is 0 Å². The van der Waals surface area contributed by atoms with E-state index in [1.165, 1.54) is 7.11 Å². The quantitative estimate of drug-likeness (QED) is 0.365. The van der Waals surface area contributed by atoms with Crippen molar-refractivity contribution in [1.82, 2.24) is 0 Å². The van der Waals surface area contributed by atoms with E-state index in [9.17, 15) is 4.79 Å². The maximum atomic E-state index is 11.5. The Morgan fingerprint density at radius 3 is 2.75 bits per heavy atom. The predicted octanol–water partition coefficient (Wildman–Crippen LogP) is 3.65. The van der Waals surface area contributed by atoms with Crippen LogP contribution in [0, 0.1) is 5.92 Å². The Labute approximate surface area is 118 Å². The third kappa shape index (κ3) is 3.03. The minimum absolute atomic E-state index is 0.393. The molecule has 20 heavy (non-hydrogen) atoms. The normalized spacial score (nSPS) is 15.6. The van der Waals surface area contributed by atoms with E-state index < -0.39 is 5.97 Å². The zero-order valence-electron chi connectivity index (χ0n) is 11.7. The average molecular weight is 274 g/mol. The Balaban J connectivity index is 2.32. The van der Waals surface area contributed by atoms with Crippen LogP contribution in [0.5, 0.6) is 0 Å². The first-order valence-electron chi connectivity index (χ1n) is 6.68. The molecule has 1 aromatic carbocycles. The van der Waals surface area contributed by atoms with Crippen LogP contribution in [0.15, 0.2) is 23.3 Å². The summed E-state index contributed by atoms with van der Waals surface area (Å²) in [4.78, 5) is 16.6. The average Bonchev–Trinajstić information content (AvgIpc) is 2.48. The summed E-state index contributed by atoms with van der Waals surface area (Å²) in [6.45, 7) is 4.12. The molecule has 0 bridgehead atoms. The summed E-state index contributed by atoms with van der Waals surface area (Å²) in [5.41, 5.74) is 10.4. The van der Waals surface area contributed by atoms with Gasteiger partial charge in [-0.15, -0.1) is 0 Å². The SMILES string of the molecule is COC(=O)c1ccc(N2CCC(C)CC2)c(N=[N+]=[N-])c1. The van der Waals surface area contributed by atoms with Gasteiger partial charge in [-0.05, 0) is 42.5 Å². The summed E-state index contributed by atoms with van der Waals surface area (Å²) in [5.74, 6) is 0.293. The summed E-state index contributed by atoms with van der Waals surface area (Å²) in [7, 11) is 1.33. The van der Waals surface area contributed by atoms with Crippen LogP contribution >= 0.6 is 0 Å². The third-order valence-corrected chi connectivity index (χ3v) is 3.67. The predicted molar refractivity (Wildman–Crippen MR) is 77.2 cm³/mol. The second-order valence-corrected chi connectivity index (χ2v) is 5.05. The number of ether oxygens (including phenoxy) is 1. The van der Waals surface area contributed by atoms with E-state index in [4.69, 9.17) is 5.53 Å². The minimum atomic E-state index is -0.432. The number of benzene rings is 1. The van der Waals surface area contributed by atoms with E-state index in [-0.39, 0.29) is 0 Å². The molecule has 106 valence electrons. The third-order valence-electron chi connectivity index (χ3n) is 3.67. The number of rotatable bonds is 3. The van der Waals surface area contributed by atoms with Crippen LogP contribution in [0.1, 0.15) is 30.1 Å². The van der Waals surface area contributed by atoms with Crippen molar-refractivity contribution in [3.05, 3.63) is 34.2 Å². The van der Waals surface area contributed by atoms with Gasteiger partial charge in [0, 0.05) is 23.7 Å². The van der Waals surface area contributed by atoms with Crippen molar-refractivity contribution in [1.29, 1.82) is 0 Å². The molecule has 0 aliphatic carbocycles. The second-order valence-electron chi connectivity index (χ2n) is 5.05. The monoisotopic (exact) mass is 274 g/mol. The molecule has 0 amide bonds. The van der Waals surface area contributed by atoms with Gasteiger partial charge in [0.25, 0.3) is 0 Å². The van der Waals surface area contributed by atoms with Crippen LogP contribution in [0.3, 0.4) is 0 Å². The Kier molecular flexibility index (Phi) is 4.48. The van der Waals surface area contributed by atoms with Crippen molar-refractivity contribution in [2.45, 2.75) is 19.8 Å². The van der Waals surface area contributed by atoms with Crippen molar-refractivity contribution in [3.8, 4) is 0 Å². The van der Waals surface area contributed by atoms with Gasteiger partial charge in [-0.25, -0.2) is 4.79 Å². The lowest BCUT2D eigenvalue weighted by molar-refractivity contribution is 0.0601. The zero-order valence-corrected chi connectivity index (χ0v) is 11.7. The van der Waals surface area contributed by atoms with Gasteiger partial charge in [0.1, 0.15) is 0 Å². The van der Waals surface area contributed by atoms with Gasteiger partial charge in [-0.3, -0.25) is 0 Å².